The van der Waals surface area contributed by atoms with E-state index >= 15 is 0 Å². The maximum atomic E-state index is 12.9. The van der Waals surface area contributed by atoms with Gasteiger partial charge in [-0.1, -0.05) is 181 Å². The number of aliphatic hydroxyl groups excluding tert-OH is 5. The Morgan fingerprint density at radius 2 is 1.00 bits per heavy atom. The van der Waals surface area contributed by atoms with Crippen molar-refractivity contribution >= 4 is 5.91 Å². The Kier molecular flexibility index (Phi) is 31.0. The van der Waals surface area contributed by atoms with Gasteiger partial charge in [0, 0.05) is 6.42 Å². The van der Waals surface area contributed by atoms with Crippen LogP contribution in [0.5, 0.6) is 0 Å². The van der Waals surface area contributed by atoms with Crippen LogP contribution in [0, 0.1) is 0 Å². The fraction of sp³-hybridized carbons (Fsp3) is 0.976. The molecule has 1 fully saturated rings. The van der Waals surface area contributed by atoms with Crippen LogP contribution in [0.3, 0.4) is 0 Å². The second kappa shape index (κ2) is 32.8. The van der Waals surface area contributed by atoms with Crippen molar-refractivity contribution in [2.24, 2.45) is 0 Å². The van der Waals surface area contributed by atoms with Crippen molar-refractivity contribution in [1.29, 1.82) is 0 Å². The quantitative estimate of drug-likeness (QED) is 0.0362. The fourth-order valence-corrected chi connectivity index (χ4v) is 6.98. The zero-order valence-electron chi connectivity index (χ0n) is 32.4. The van der Waals surface area contributed by atoms with Gasteiger partial charge in [-0.3, -0.25) is 4.79 Å². The predicted molar refractivity (Wildman–Crippen MR) is 203 cm³/mol. The van der Waals surface area contributed by atoms with Crippen LogP contribution in [0.2, 0.25) is 0 Å². The number of carbonyl (C=O) groups is 1. The van der Waals surface area contributed by atoms with Crippen LogP contribution in [0.4, 0.5) is 0 Å². The molecule has 1 rings (SSSR count). The molecule has 1 aliphatic heterocycles. The molecule has 6 N–H and O–H groups in total. The number of carbonyl (C=O) groups excluding carboxylic acids is 1. The van der Waals surface area contributed by atoms with Gasteiger partial charge in [-0.15, -0.1) is 0 Å². The van der Waals surface area contributed by atoms with E-state index < -0.39 is 49.5 Å². The van der Waals surface area contributed by atoms with Crippen LogP contribution in [-0.2, 0) is 14.3 Å². The normalized spacial score (nSPS) is 22.1. The standard InChI is InChI=1S/C41H81NO8/c1-3-5-7-9-11-12-13-14-15-16-17-18-19-20-21-22-23-24-25-27-29-31-37(45)42-34(35(44)30-28-26-10-8-6-4-2)33-49-41-40(48)39(47)38(46)36(32-43)50-41/h34-36,38-41,43-44,46-48H,3-33H2,1-2H3,(H,42,45). The third-order valence-corrected chi connectivity index (χ3v) is 10.5. The molecule has 1 amide bonds. The average molecular weight is 716 g/mol. The van der Waals surface area contributed by atoms with Gasteiger partial charge in [-0.25, -0.2) is 0 Å². The van der Waals surface area contributed by atoms with Crippen molar-refractivity contribution in [3.63, 3.8) is 0 Å². The number of aliphatic hydroxyl groups is 5. The number of hydrogen-bond acceptors (Lipinski definition) is 8. The van der Waals surface area contributed by atoms with Gasteiger partial charge in [0.25, 0.3) is 0 Å². The summed E-state index contributed by atoms with van der Waals surface area (Å²) in [6.45, 7) is 3.77. The lowest BCUT2D eigenvalue weighted by molar-refractivity contribution is -0.302. The SMILES string of the molecule is CCCCCCCCCCCCCCCCCCCCCCCC(=O)NC(COC1OC(CO)C(O)C(O)C1O)C(O)CCCCCCCC. The number of ether oxygens (including phenoxy) is 2. The highest BCUT2D eigenvalue weighted by atomic mass is 16.7. The molecule has 0 bridgehead atoms. The monoisotopic (exact) mass is 716 g/mol. The largest absolute Gasteiger partial charge is 0.394 e. The summed E-state index contributed by atoms with van der Waals surface area (Å²) < 4.78 is 11.2. The van der Waals surface area contributed by atoms with E-state index in [4.69, 9.17) is 9.47 Å². The molecule has 7 atom stereocenters. The van der Waals surface area contributed by atoms with Crippen LogP contribution in [0.25, 0.3) is 0 Å². The molecule has 0 radical (unpaired) electrons. The van der Waals surface area contributed by atoms with Crippen LogP contribution in [-0.4, -0.2) is 87.5 Å². The summed E-state index contributed by atoms with van der Waals surface area (Å²) in [6.07, 6.45) is 27.2. The van der Waals surface area contributed by atoms with Crippen molar-refractivity contribution in [1.82, 2.24) is 5.32 Å². The maximum Gasteiger partial charge on any atom is 0.220 e. The molecular weight excluding hydrogens is 634 g/mol. The number of unbranched alkanes of at least 4 members (excludes halogenated alkanes) is 25. The van der Waals surface area contributed by atoms with Crippen LogP contribution < -0.4 is 5.32 Å². The first-order valence-corrected chi connectivity index (χ1v) is 21.2. The molecule has 9 nitrogen and oxygen atoms in total. The zero-order chi connectivity index (χ0) is 36.7. The molecule has 298 valence electrons. The molecule has 0 spiro atoms. The van der Waals surface area contributed by atoms with Crippen molar-refractivity contribution in [3.05, 3.63) is 0 Å². The first-order valence-electron chi connectivity index (χ1n) is 21.2. The molecule has 0 aliphatic carbocycles. The zero-order valence-corrected chi connectivity index (χ0v) is 32.4. The second-order valence-corrected chi connectivity index (χ2v) is 15.1. The summed E-state index contributed by atoms with van der Waals surface area (Å²) in [5.74, 6) is -0.146. The van der Waals surface area contributed by atoms with E-state index in [9.17, 15) is 30.3 Å². The number of hydrogen-bond donors (Lipinski definition) is 6. The molecule has 0 aromatic carbocycles. The van der Waals surface area contributed by atoms with Gasteiger partial charge in [-0.05, 0) is 12.8 Å². The Morgan fingerprint density at radius 1 is 0.600 bits per heavy atom. The lowest BCUT2D eigenvalue weighted by atomic mass is 9.99. The molecule has 50 heavy (non-hydrogen) atoms. The first kappa shape index (κ1) is 47.2. The minimum atomic E-state index is -1.55. The molecule has 1 heterocycles. The Bertz CT molecular complexity index is 756. The lowest BCUT2D eigenvalue weighted by Crippen LogP contribution is -2.60. The fourth-order valence-electron chi connectivity index (χ4n) is 6.98. The molecule has 9 heteroatoms. The Hall–Kier alpha value is -0.810. The van der Waals surface area contributed by atoms with Crippen molar-refractivity contribution < 1.29 is 39.8 Å². The average Bonchev–Trinajstić information content (AvgIpc) is 3.11. The highest BCUT2D eigenvalue weighted by molar-refractivity contribution is 5.76. The molecule has 0 saturated carbocycles. The van der Waals surface area contributed by atoms with E-state index in [0.717, 1.165) is 38.5 Å². The third-order valence-electron chi connectivity index (χ3n) is 10.5. The Morgan fingerprint density at radius 3 is 1.42 bits per heavy atom. The van der Waals surface area contributed by atoms with Crippen LogP contribution >= 0.6 is 0 Å². The Balaban J connectivity index is 2.19. The summed E-state index contributed by atoms with van der Waals surface area (Å²) in [5, 5.41) is 53.9. The lowest BCUT2D eigenvalue weighted by Gasteiger charge is -2.40. The van der Waals surface area contributed by atoms with Crippen molar-refractivity contribution in [2.45, 2.75) is 243 Å². The van der Waals surface area contributed by atoms with Crippen LogP contribution in [0.15, 0.2) is 0 Å². The summed E-state index contributed by atoms with van der Waals surface area (Å²) in [6, 6.07) is -0.708. The highest BCUT2D eigenvalue weighted by Crippen LogP contribution is 2.23. The summed E-state index contributed by atoms with van der Waals surface area (Å²) in [7, 11) is 0. The number of nitrogens with one attached hydrogen (secondary N) is 1. The number of rotatable bonds is 35. The van der Waals surface area contributed by atoms with Gasteiger partial charge < -0.3 is 40.3 Å². The van der Waals surface area contributed by atoms with E-state index in [1.54, 1.807) is 0 Å². The maximum absolute atomic E-state index is 12.9. The topological polar surface area (TPSA) is 149 Å². The molecule has 7 unspecified atom stereocenters. The summed E-state index contributed by atoms with van der Waals surface area (Å²) in [5.41, 5.74) is 0. The van der Waals surface area contributed by atoms with E-state index in [1.165, 1.54) is 135 Å². The van der Waals surface area contributed by atoms with Crippen molar-refractivity contribution in [2.75, 3.05) is 13.2 Å². The van der Waals surface area contributed by atoms with E-state index in [1.807, 2.05) is 0 Å². The van der Waals surface area contributed by atoms with Gasteiger partial charge in [0.05, 0.1) is 25.4 Å². The summed E-state index contributed by atoms with van der Waals surface area (Å²) >= 11 is 0. The molecule has 0 aromatic rings. The van der Waals surface area contributed by atoms with E-state index in [0.29, 0.717) is 12.8 Å². The van der Waals surface area contributed by atoms with E-state index in [2.05, 4.69) is 19.2 Å². The Labute approximate surface area is 306 Å². The second-order valence-electron chi connectivity index (χ2n) is 15.1. The molecule has 1 aliphatic rings. The minimum absolute atomic E-state index is 0.134. The van der Waals surface area contributed by atoms with Gasteiger partial charge in [0.1, 0.15) is 24.4 Å². The summed E-state index contributed by atoms with van der Waals surface area (Å²) in [4.78, 5) is 12.9. The predicted octanol–water partition coefficient (Wildman–Crippen LogP) is 8.00. The molecule has 1 saturated heterocycles. The van der Waals surface area contributed by atoms with E-state index in [-0.39, 0.29) is 12.5 Å². The number of amides is 1. The van der Waals surface area contributed by atoms with Gasteiger partial charge in [0.2, 0.25) is 5.91 Å². The molecular formula is C41H81NO8. The van der Waals surface area contributed by atoms with Gasteiger partial charge >= 0.3 is 0 Å². The first-order chi connectivity index (χ1) is 24.3. The highest BCUT2D eigenvalue weighted by Gasteiger charge is 2.44. The minimum Gasteiger partial charge on any atom is -0.394 e. The van der Waals surface area contributed by atoms with Gasteiger partial charge in [-0.2, -0.15) is 0 Å². The van der Waals surface area contributed by atoms with Crippen molar-refractivity contribution in [3.8, 4) is 0 Å². The van der Waals surface area contributed by atoms with Crippen LogP contribution in [0.1, 0.15) is 200 Å². The smallest absolute Gasteiger partial charge is 0.220 e. The van der Waals surface area contributed by atoms with Gasteiger partial charge in [0.15, 0.2) is 6.29 Å². The molecule has 0 aromatic heterocycles. The third kappa shape index (κ3) is 23.7.